The first-order valence-corrected chi connectivity index (χ1v) is 11.4. The number of carbonyl (C=O) groups is 1. The largest absolute Gasteiger partial charge is 0.325 e. The van der Waals surface area contributed by atoms with E-state index in [4.69, 9.17) is 0 Å². The molecule has 0 saturated heterocycles. The standard InChI is InChI=1S/C26H26N4OS/c1-17-11-14-22(15-12-17)30-20(4)28-29-26(30)32-24(21-8-6-5-7-9-21)25(31)27-23-16-18(2)10-13-19(23)3/h5-16,24H,1-4H3,(H,27,31). The van der Waals surface area contributed by atoms with Crippen LogP contribution in [0, 0.1) is 27.7 Å². The molecular formula is C26H26N4OS. The Balaban J connectivity index is 1.69. The molecule has 0 aliphatic carbocycles. The Labute approximate surface area is 192 Å². The molecule has 3 aromatic carbocycles. The zero-order valence-corrected chi connectivity index (χ0v) is 19.5. The van der Waals surface area contributed by atoms with Gasteiger partial charge in [0.15, 0.2) is 5.16 Å². The van der Waals surface area contributed by atoms with Crippen LogP contribution in [0.25, 0.3) is 5.69 Å². The number of benzene rings is 3. The maximum atomic E-state index is 13.5. The number of aryl methyl sites for hydroxylation is 4. The first kappa shape index (κ1) is 21.8. The number of aromatic nitrogens is 3. The molecular weight excluding hydrogens is 416 g/mol. The third-order valence-electron chi connectivity index (χ3n) is 5.30. The lowest BCUT2D eigenvalue weighted by Crippen LogP contribution is -2.20. The van der Waals surface area contributed by atoms with Crippen LogP contribution in [-0.4, -0.2) is 20.7 Å². The number of nitrogens with one attached hydrogen (secondary N) is 1. The summed E-state index contributed by atoms with van der Waals surface area (Å²) in [5.74, 6) is 0.684. The molecule has 1 unspecified atom stereocenters. The zero-order valence-electron chi connectivity index (χ0n) is 18.7. The van der Waals surface area contributed by atoms with Gasteiger partial charge in [0.1, 0.15) is 11.1 Å². The summed E-state index contributed by atoms with van der Waals surface area (Å²) in [6.07, 6.45) is 0. The fourth-order valence-corrected chi connectivity index (χ4v) is 4.59. The fraction of sp³-hybridized carbons (Fsp3) is 0.192. The molecule has 4 aromatic rings. The van der Waals surface area contributed by atoms with Gasteiger partial charge < -0.3 is 5.32 Å². The van der Waals surface area contributed by atoms with E-state index in [9.17, 15) is 4.79 Å². The van der Waals surface area contributed by atoms with Crippen LogP contribution in [0.5, 0.6) is 0 Å². The van der Waals surface area contributed by atoms with E-state index in [0.717, 1.165) is 33.9 Å². The van der Waals surface area contributed by atoms with Crippen molar-refractivity contribution in [3.8, 4) is 5.69 Å². The molecule has 0 fully saturated rings. The lowest BCUT2D eigenvalue weighted by atomic mass is 10.1. The second-order valence-electron chi connectivity index (χ2n) is 7.92. The van der Waals surface area contributed by atoms with Gasteiger partial charge in [-0.25, -0.2) is 0 Å². The number of rotatable bonds is 6. The summed E-state index contributed by atoms with van der Waals surface area (Å²) in [5.41, 5.74) is 6.03. The summed E-state index contributed by atoms with van der Waals surface area (Å²) in [5, 5.41) is 12.0. The molecule has 4 rings (SSSR count). The molecule has 1 amide bonds. The summed E-state index contributed by atoms with van der Waals surface area (Å²) >= 11 is 1.40. The smallest absolute Gasteiger partial charge is 0.242 e. The van der Waals surface area contributed by atoms with Gasteiger partial charge in [0.2, 0.25) is 5.91 Å². The number of nitrogens with zero attached hydrogens (tertiary/aromatic N) is 3. The van der Waals surface area contributed by atoms with Crippen molar-refractivity contribution in [2.45, 2.75) is 38.1 Å². The maximum Gasteiger partial charge on any atom is 0.242 e. The lowest BCUT2D eigenvalue weighted by molar-refractivity contribution is -0.115. The van der Waals surface area contributed by atoms with E-state index in [1.807, 2.05) is 86.0 Å². The highest BCUT2D eigenvalue weighted by Gasteiger charge is 2.26. The van der Waals surface area contributed by atoms with Crippen molar-refractivity contribution >= 4 is 23.4 Å². The van der Waals surface area contributed by atoms with Gasteiger partial charge in [-0.15, -0.1) is 10.2 Å². The average Bonchev–Trinajstić information content (AvgIpc) is 3.15. The minimum Gasteiger partial charge on any atom is -0.325 e. The van der Waals surface area contributed by atoms with Crippen LogP contribution in [0.1, 0.15) is 33.3 Å². The Morgan fingerprint density at radius 3 is 2.28 bits per heavy atom. The van der Waals surface area contributed by atoms with Crippen molar-refractivity contribution in [2.24, 2.45) is 0 Å². The highest BCUT2D eigenvalue weighted by molar-refractivity contribution is 8.00. The van der Waals surface area contributed by atoms with Gasteiger partial charge in [-0.05, 0) is 62.6 Å². The minimum absolute atomic E-state index is 0.0917. The summed E-state index contributed by atoms with van der Waals surface area (Å²) in [7, 11) is 0. The first-order chi connectivity index (χ1) is 15.4. The highest BCUT2D eigenvalue weighted by Crippen LogP contribution is 2.37. The normalized spacial score (nSPS) is 11.9. The topological polar surface area (TPSA) is 59.8 Å². The molecule has 0 radical (unpaired) electrons. The van der Waals surface area contributed by atoms with Gasteiger partial charge in [-0.1, -0.05) is 71.9 Å². The summed E-state index contributed by atoms with van der Waals surface area (Å²) in [4.78, 5) is 13.5. The van der Waals surface area contributed by atoms with Crippen molar-refractivity contribution in [2.75, 3.05) is 5.32 Å². The molecule has 0 saturated carbocycles. The van der Waals surface area contributed by atoms with E-state index in [1.165, 1.54) is 17.3 Å². The van der Waals surface area contributed by atoms with Gasteiger partial charge in [0, 0.05) is 11.4 Å². The summed E-state index contributed by atoms with van der Waals surface area (Å²) < 4.78 is 1.99. The molecule has 0 bridgehead atoms. The number of thioether (sulfide) groups is 1. The number of carbonyl (C=O) groups excluding carboxylic acids is 1. The molecule has 1 atom stereocenters. The van der Waals surface area contributed by atoms with Crippen LogP contribution in [0.2, 0.25) is 0 Å². The van der Waals surface area contributed by atoms with E-state index in [0.29, 0.717) is 5.16 Å². The minimum atomic E-state index is -0.482. The molecule has 6 heteroatoms. The number of hydrogen-bond acceptors (Lipinski definition) is 4. The predicted molar refractivity (Wildman–Crippen MR) is 130 cm³/mol. The van der Waals surface area contributed by atoms with Crippen molar-refractivity contribution < 1.29 is 4.79 Å². The third kappa shape index (κ3) is 4.75. The molecule has 0 aliphatic heterocycles. The van der Waals surface area contributed by atoms with Gasteiger partial charge in [-0.2, -0.15) is 0 Å². The Hall–Kier alpha value is -3.38. The first-order valence-electron chi connectivity index (χ1n) is 10.5. The van der Waals surface area contributed by atoms with Crippen LogP contribution in [0.15, 0.2) is 78.0 Å². The van der Waals surface area contributed by atoms with Crippen molar-refractivity contribution in [1.29, 1.82) is 0 Å². The highest BCUT2D eigenvalue weighted by atomic mass is 32.2. The molecule has 162 valence electrons. The third-order valence-corrected chi connectivity index (χ3v) is 6.50. The zero-order chi connectivity index (χ0) is 22.7. The fourth-order valence-electron chi connectivity index (χ4n) is 3.49. The van der Waals surface area contributed by atoms with E-state index in [-0.39, 0.29) is 5.91 Å². The molecule has 1 heterocycles. The van der Waals surface area contributed by atoms with Crippen LogP contribution in [-0.2, 0) is 4.79 Å². The molecule has 0 spiro atoms. The van der Waals surface area contributed by atoms with Gasteiger partial charge >= 0.3 is 0 Å². The van der Waals surface area contributed by atoms with Crippen LogP contribution >= 0.6 is 11.8 Å². The van der Waals surface area contributed by atoms with Crippen LogP contribution in [0.4, 0.5) is 5.69 Å². The second-order valence-corrected chi connectivity index (χ2v) is 8.99. The van der Waals surface area contributed by atoms with E-state index in [1.54, 1.807) is 0 Å². The Bertz CT molecular complexity index is 1230. The average molecular weight is 443 g/mol. The molecule has 1 aromatic heterocycles. The van der Waals surface area contributed by atoms with Crippen molar-refractivity contribution in [3.63, 3.8) is 0 Å². The SMILES string of the molecule is Cc1ccc(-n2c(C)nnc2SC(C(=O)Nc2cc(C)ccc2C)c2ccccc2)cc1. The van der Waals surface area contributed by atoms with Gasteiger partial charge in [0.05, 0.1) is 0 Å². The van der Waals surface area contributed by atoms with Crippen LogP contribution < -0.4 is 5.32 Å². The summed E-state index contributed by atoms with van der Waals surface area (Å²) in [6, 6.07) is 24.1. The second kappa shape index (κ2) is 9.40. The monoisotopic (exact) mass is 442 g/mol. The molecule has 1 N–H and O–H groups in total. The number of amides is 1. The lowest BCUT2D eigenvalue weighted by Gasteiger charge is -2.18. The van der Waals surface area contributed by atoms with E-state index < -0.39 is 5.25 Å². The van der Waals surface area contributed by atoms with E-state index in [2.05, 4.69) is 34.6 Å². The van der Waals surface area contributed by atoms with E-state index >= 15 is 0 Å². The van der Waals surface area contributed by atoms with Gasteiger partial charge in [-0.3, -0.25) is 9.36 Å². The quantitative estimate of drug-likeness (QED) is 0.374. The van der Waals surface area contributed by atoms with Crippen molar-refractivity contribution in [1.82, 2.24) is 14.8 Å². The number of anilines is 1. The van der Waals surface area contributed by atoms with Crippen molar-refractivity contribution in [3.05, 3.63) is 101 Å². The molecule has 0 aliphatic rings. The Kier molecular flexibility index (Phi) is 6.42. The Morgan fingerprint density at radius 2 is 1.56 bits per heavy atom. The maximum absolute atomic E-state index is 13.5. The molecule has 5 nitrogen and oxygen atoms in total. The van der Waals surface area contributed by atoms with Crippen LogP contribution in [0.3, 0.4) is 0 Å². The number of hydrogen-bond donors (Lipinski definition) is 1. The van der Waals surface area contributed by atoms with Gasteiger partial charge in [0.25, 0.3) is 0 Å². The summed E-state index contributed by atoms with van der Waals surface area (Å²) in [6.45, 7) is 7.99. The molecule has 32 heavy (non-hydrogen) atoms. The Morgan fingerprint density at radius 1 is 0.875 bits per heavy atom. The predicted octanol–water partition coefficient (Wildman–Crippen LogP) is 5.97.